The topological polar surface area (TPSA) is 3.24 Å². The van der Waals surface area contributed by atoms with Crippen molar-refractivity contribution in [2.24, 2.45) is 0 Å². The van der Waals surface area contributed by atoms with Crippen molar-refractivity contribution in [1.29, 1.82) is 0 Å². The molecule has 0 spiro atoms. The first-order valence-corrected chi connectivity index (χ1v) is 8.66. The molecule has 0 unspecified atom stereocenters. The molecule has 0 bridgehead atoms. The molecule has 0 atom stereocenters. The van der Waals surface area contributed by atoms with E-state index in [-0.39, 0.29) is 0 Å². The summed E-state index contributed by atoms with van der Waals surface area (Å²) < 4.78 is 0. The first-order chi connectivity index (χ1) is 10.2. The summed E-state index contributed by atoms with van der Waals surface area (Å²) in [5.41, 5.74) is 5.73. The van der Waals surface area contributed by atoms with Gasteiger partial charge in [-0.15, -0.1) is 0 Å². The van der Waals surface area contributed by atoms with Gasteiger partial charge in [-0.2, -0.15) is 0 Å². The first-order valence-electron chi connectivity index (χ1n) is 8.66. The lowest BCUT2D eigenvalue weighted by Crippen LogP contribution is -2.25. The predicted molar refractivity (Wildman–Crippen MR) is 97.6 cm³/mol. The van der Waals surface area contributed by atoms with E-state index in [1.165, 1.54) is 48.3 Å². The number of hydrogen-bond acceptors (Lipinski definition) is 1. The largest absolute Gasteiger partial charge is 0.375 e. The van der Waals surface area contributed by atoms with Gasteiger partial charge in [0.15, 0.2) is 0 Å². The Morgan fingerprint density at radius 1 is 0.952 bits per heavy atom. The minimum absolute atomic E-state index is 1.11. The third-order valence-corrected chi connectivity index (χ3v) is 3.69. The molecule has 0 aliphatic heterocycles. The molecular weight excluding hydrogens is 254 g/mol. The highest BCUT2D eigenvalue weighted by Crippen LogP contribution is 2.26. The van der Waals surface area contributed by atoms with Gasteiger partial charge < -0.3 is 4.90 Å². The van der Waals surface area contributed by atoms with Crippen LogP contribution < -0.4 is 0 Å². The van der Waals surface area contributed by atoms with Crippen LogP contribution in [0, 0.1) is 6.92 Å². The van der Waals surface area contributed by atoms with Gasteiger partial charge in [-0.1, -0.05) is 58.9 Å². The van der Waals surface area contributed by atoms with Crippen LogP contribution in [-0.4, -0.2) is 18.0 Å². The molecule has 1 rings (SSSR count). The van der Waals surface area contributed by atoms with Crippen molar-refractivity contribution in [3.05, 3.63) is 41.1 Å². The van der Waals surface area contributed by atoms with E-state index in [1.54, 1.807) is 0 Å². The van der Waals surface area contributed by atoms with Gasteiger partial charge in [0.2, 0.25) is 0 Å². The second-order valence-electron chi connectivity index (χ2n) is 5.23. The molecule has 0 aromatic heterocycles. The number of benzene rings is 1. The Hall–Kier alpha value is -1.24. The van der Waals surface area contributed by atoms with Gasteiger partial charge in [0.25, 0.3) is 0 Å². The molecule has 21 heavy (non-hydrogen) atoms. The smallest absolute Gasteiger partial charge is 0.0172 e. The van der Waals surface area contributed by atoms with E-state index < -0.39 is 0 Å². The van der Waals surface area contributed by atoms with Crippen molar-refractivity contribution in [3.8, 4) is 0 Å². The second-order valence-corrected chi connectivity index (χ2v) is 5.23. The minimum atomic E-state index is 1.11. The highest BCUT2D eigenvalue weighted by Gasteiger charge is 2.11. The van der Waals surface area contributed by atoms with Gasteiger partial charge in [0.05, 0.1) is 0 Å². The van der Waals surface area contributed by atoms with E-state index in [4.69, 9.17) is 0 Å². The molecule has 0 aliphatic carbocycles. The van der Waals surface area contributed by atoms with Gasteiger partial charge in [0.1, 0.15) is 0 Å². The molecule has 120 valence electrons. The van der Waals surface area contributed by atoms with E-state index in [2.05, 4.69) is 63.8 Å². The van der Waals surface area contributed by atoms with Crippen LogP contribution in [0.15, 0.2) is 30.0 Å². The molecule has 0 radical (unpaired) electrons. The minimum Gasteiger partial charge on any atom is -0.375 e. The van der Waals surface area contributed by atoms with Crippen LogP contribution in [0.1, 0.15) is 71.9 Å². The van der Waals surface area contributed by atoms with Crippen LogP contribution in [0.4, 0.5) is 0 Å². The maximum absolute atomic E-state index is 2.57. The summed E-state index contributed by atoms with van der Waals surface area (Å²) in [5.74, 6) is 0. The van der Waals surface area contributed by atoms with Crippen LogP contribution in [0.25, 0.3) is 5.57 Å². The summed E-state index contributed by atoms with van der Waals surface area (Å²) in [5, 5.41) is 0. The van der Waals surface area contributed by atoms with Gasteiger partial charge in [0, 0.05) is 18.8 Å². The fourth-order valence-electron chi connectivity index (χ4n) is 2.80. The Labute approximate surface area is 133 Å². The van der Waals surface area contributed by atoms with Crippen LogP contribution in [0.2, 0.25) is 0 Å². The summed E-state index contributed by atoms with van der Waals surface area (Å²) in [7, 11) is 0. The molecule has 1 heteroatoms. The van der Waals surface area contributed by atoms with Crippen LogP contribution >= 0.6 is 0 Å². The number of aryl methyl sites for hydroxylation is 1. The summed E-state index contributed by atoms with van der Waals surface area (Å²) in [4.78, 5) is 2.57. The molecule has 0 saturated carbocycles. The molecule has 1 aromatic rings. The quantitative estimate of drug-likeness (QED) is 0.570. The van der Waals surface area contributed by atoms with Gasteiger partial charge >= 0.3 is 0 Å². The maximum Gasteiger partial charge on any atom is 0.0172 e. The van der Waals surface area contributed by atoms with E-state index in [1.807, 2.05) is 13.8 Å². The summed E-state index contributed by atoms with van der Waals surface area (Å²) >= 11 is 0. The van der Waals surface area contributed by atoms with Crippen LogP contribution in [0.5, 0.6) is 0 Å². The molecule has 0 saturated heterocycles. The lowest BCUT2D eigenvalue weighted by atomic mass is 9.98. The standard InChI is InChI=1S/C18H29N.C2H6/c1-6-13-19(14-7-2)18(8-3)16(5)17-12-10-9-11-15(17)4;1-2/h9-12H,6-8,13-14H2,1-5H3;1-2H3/b18-16+;. The summed E-state index contributed by atoms with van der Waals surface area (Å²) in [6.07, 6.45) is 3.54. The van der Waals surface area contributed by atoms with Crippen molar-refractivity contribution >= 4 is 5.57 Å². The van der Waals surface area contributed by atoms with Crippen LogP contribution in [0.3, 0.4) is 0 Å². The monoisotopic (exact) mass is 289 g/mol. The average Bonchev–Trinajstić information content (AvgIpc) is 2.51. The first kappa shape index (κ1) is 19.8. The van der Waals surface area contributed by atoms with Crippen molar-refractivity contribution in [1.82, 2.24) is 4.90 Å². The molecule has 0 aliphatic rings. The Morgan fingerprint density at radius 3 is 1.90 bits per heavy atom. The highest BCUT2D eigenvalue weighted by molar-refractivity contribution is 5.69. The molecule has 0 N–H and O–H groups in total. The molecule has 0 amide bonds. The lowest BCUT2D eigenvalue weighted by molar-refractivity contribution is 0.337. The molecule has 1 nitrogen and oxygen atoms in total. The molecule has 1 aromatic carbocycles. The van der Waals surface area contributed by atoms with E-state index in [0.717, 1.165) is 6.42 Å². The zero-order chi connectivity index (χ0) is 16.3. The number of nitrogens with zero attached hydrogens (tertiary/aromatic N) is 1. The third-order valence-electron chi connectivity index (χ3n) is 3.69. The Morgan fingerprint density at radius 2 is 1.48 bits per heavy atom. The molecule has 0 fully saturated rings. The van der Waals surface area contributed by atoms with Crippen molar-refractivity contribution in [3.63, 3.8) is 0 Å². The fraction of sp³-hybridized carbons (Fsp3) is 0.600. The highest BCUT2D eigenvalue weighted by atomic mass is 15.1. The van der Waals surface area contributed by atoms with Gasteiger partial charge in [-0.05, 0) is 49.8 Å². The van der Waals surface area contributed by atoms with E-state index in [0.29, 0.717) is 0 Å². The number of hydrogen-bond donors (Lipinski definition) is 0. The lowest BCUT2D eigenvalue weighted by Gasteiger charge is -2.28. The Kier molecular flexibility index (Phi) is 10.7. The Bertz CT molecular complexity index is 412. The molecular formula is C20H35N. The van der Waals surface area contributed by atoms with E-state index in [9.17, 15) is 0 Å². The zero-order valence-electron chi connectivity index (χ0n) is 15.3. The SMILES string of the molecule is CC.CCCN(CCC)/C(CC)=C(\C)c1ccccc1C. The van der Waals surface area contributed by atoms with Gasteiger partial charge in [-0.25, -0.2) is 0 Å². The normalized spacial score (nSPS) is 11.4. The third kappa shape index (κ3) is 5.95. The predicted octanol–water partition coefficient (Wildman–Crippen LogP) is 6.28. The van der Waals surface area contributed by atoms with E-state index >= 15 is 0 Å². The second kappa shape index (κ2) is 11.4. The summed E-state index contributed by atoms with van der Waals surface area (Å²) in [6, 6.07) is 8.71. The molecule has 0 heterocycles. The van der Waals surface area contributed by atoms with Crippen molar-refractivity contribution < 1.29 is 0 Å². The zero-order valence-corrected chi connectivity index (χ0v) is 15.3. The number of rotatable bonds is 7. The average molecular weight is 290 g/mol. The number of allylic oxidation sites excluding steroid dienone is 2. The van der Waals surface area contributed by atoms with Crippen molar-refractivity contribution in [2.75, 3.05) is 13.1 Å². The van der Waals surface area contributed by atoms with Gasteiger partial charge in [-0.3, -0.25) is 0 Å². The fourth-order valence-corrected chi connectivity index (χ4v) is 2.80. The Balaban J connectivity index is 0.00000191. The van der Waals surface area contributed by atoms with Crippen molar-refractivity contribution in [2.45, 2.75) is 67.7 Å². The van der Waals surface area contributed by atoms with Crippen LogP contribution in [-0.2, 0) is 0 Å². The summed E-state index contributed by atoms with van der Waals surface area (Å²) in [6.45, 7) is 17.6. The maximum atomic E-state index is 2.57.